The van der Waals surface area contributed by atoms with E-state index in [1.165, 1.54) is 5.56 Å². The predicted octanol–water partition coefficient (Wildman–Crippen LogP) is 2.73. The summed E-state index contributed by atoms with van der Waals surface area (Å²) >= 11 is 1.70. The van der Waals surface area contributed by atoms with Crippen LogP contribution in [-0.4, -0.2) is 19.0 Å². The topological polar surface area (TPSA) is 67.2 Å². The van der Waals surface area contributed by atoms with Crippen molar-refractivity contribution in [1.29, 1.82) is 0 Å². The number of thiophene rings is 1. The highest BCUT2D eigenvalue weighted by Gasteiger charge is 2.07. The maximum absolute atomic E-state index is 11.7. The lowest BCUT2D eigenvalue weighted by molar-refractivity contribution is 0.0956. The van der Waals surface area contributed by atoms with Crippen molar-refractivity contribution in [2.24, 2.45) is 0 Å². The summed E-state index contributed by atoms with van der Waals surface area (Å²) in [6, 6.07) is 7.47. The Morgan fingerprint density at radius 2 is 2.20 bits per heavy atom. The molecule has 0 saturated carbocycles. The Hall–Kier alpha value is -2.01. The largest absolute Gasteiger partial charge is 0.397 e. The van der Waals surface area contributed by atoms with E-state index in [9.17, 15) is 4.79 Å². The van der Waals surface area contributed by atoms with Gasteiger partial charge in [-0.3, -0.25) is 4.79 Å². The highest BCUT2D eigenvalue weighted by atomic mass is 32.1. The third kappa shape index (κ3) is 3.74. The van der Waals surface area contributed by atoms with Gasteiger partial charge in [0.25, 0.3) is 5.91 Å². The maximum Gasteiger partial charge on any atom is 0.251 e. The van der Waals surface area contributed by atoms with Crippen molar-refractivity contribution in [2.45, 2.75) is 13.3 Å². The van der Waals surface area contributed by atoms with Gasteiger partial charge in [-0.15, -0.1) is 0 Å². The molecule has 0 bridgehead atoms. The molecule has 0 aliphatic heterocycles. The Kier molecular flexibility index (Phi) is 5.01. The lowest BCUT2D eigenvalue weighted by Crippen LogP contribution is -2.22. The number of benzene rings is 1. The number of nitrogen functional groups attached to an aromatic ring is 1. The van der Waals surface area contributed by atoms with Crippen LogP contribution < -0.4 is 16.4 Å². The molecule has 0 fully saturated rings. The number of nitrogens with two attached hydrogens (primary N) is 1. The summed E-state index contributed by atoms with van der Waals surface area (Å²) in [5.74, 6) is -0.0935. The number of hydrogen-bond acceptors (Lipinski definition) is 4. The van der Waals surface area contributed by atoms with Crippen LogP contribution >= 0.6 is 11.3 Å². The van der Waals surface area contributed by atoms with E-state index in [-0.39, 0.29) is 5.91 Å². The second-order valence-corrected chi connectivity index (χ2v) is 5.25. The van der Waals surface area contributed by atoms with Crippen LogP contribution in [0.4, 0.5) is 11.4 Å². The molecule has 0 unspecified atom stereocenters. The van der Waals surface area contributed by atoms with Gasteiger partial charge < -0.3 is 16.4 Å². The molecule has 0 spiro atoms. The van der Waals surface area contributed by atoms with Gasteiger partial charge in [-0.25, -0.2) is 0 Å². The first kappa shape index (κ1) is 14.4. The smallest absolute Gasteiger partial charge is 0.251 e. The maximum atomic E-state index is 11.7. The fourth-order valence-electron chi connectivity index (χ4n) is 1.90. The van der Waals surface area contributed by atoms with Gasteiger partial charge in [0.1, 0.15) is 0 Å². The van der Waals surface area contributed by atoms with E-state index in [2.05, 4.69) is 27.5 Å². The molecule has 0 radical (unpaired) electrons. The van der Waals surface area contributed by atoms with Crippen molar-refractivity contribution in [1.82, 2.24) is 5.32 Å². The Balaban J connectivity index is 1.93. The molecule has 2 rings (SSSR count). The lowest BCUT2D eigenvalue weighted by atomic mass is 10.1. The molecule has 20 heavy (non-hydrogen) atoms. The van der Waals surface area contributed by atoms with E-state index < -0.39 is 0 Å². The van der Waals surface area contributed by atoms with Crippen LogP contribution in [-0.2, 0) is 6.42 Å². The van der Waals surface area contributed by atoms with Crippen molar-refractivity contribution in [2.75, 3.05) is 24.1 Å². The zero-order chi connectivity index (χ0) is 14.4. The Morgan fingerprint density at radius 3 is 2.85 bits per heavy atom. The van der Waals surface area contributed by atoms with Gasteiger partial charge >= 0.3 is 0 Å². The van der Waals surface area contributed by atoms with Gasteiger partial charge in [0, 0.05) is 18.7 Å². The Labute approximate surface area is 123 Å². The van der Waals surface area contributed by atoms with Gasteiger partial charge in [-0.05, 0) is 53.9 Å². The molecule has 106 valence electrons. The van der Waals surface area contributed by atoms with Crippen LogP contribution in [0.3, 0.4) is 0 Å². The van der Waals surface area contributed by atoms with Gasteiger partial charge in [-0.2, -0.15) is 11.3 Å². The number of hydrogen-bond donors (Lipinski definition) is 3. The summed E-state index contributed by atoms with van der Waals surface area (Å²) in [5, 5.41) is 10.3. The quantitative estimate of drug-likeness (QED) is 0.716. The predicted molar refractivity (Wildman–Crippen MR) is 85.4 cm³/mol. The average Bonchev–Trinajstić information content (AvgIpc) is 2.94. The molecule has 1 aromatic carbocycles. The van der Waals surface area contributed by atoms with E-state index in [0.717, 1.165) is 18.7 Å². The molecule has 2 aromatic rings. The fraction of sp³-hybridized carbons (Fsp3) is 0.267. The minimum absolute atomic E-state index is 0.0935. The minimum atomic E-state index is -0.0935. The number of carbonyl (C=O) groups is 1. The summed E-state index contributed by atoms with van der Waals surface area (Å²) in [7, 11) is 0. The SMILES string of the molecule is CCNC(=O)c1ccc(NCCc2ccsc2)c(N)c1. The summed E-state index contributed by atoms with van der Waals surface area (Å²) < 4.78 is 0. The highest BCUT2D eigenvalue weighted by molar-refractivity contribution is 7.07. The van der Waals surface area contributed by atoms with Crippen LogP contribution in [0.15, 0.2) is 35.0 Å². The number of nitrogens with one attached hydrogen (secondary N) is 2. The van der Waals surface area contributed by atoms with Crippen LogP contribution in [0.1, 0.15) is 22.8 Å². The fourth-order valence-corrected chi connectivity index (χ4v) is 2.61. The van der Waals surface area contributed by atoms with Crippen molar-refractivity contribution in [3.05, 3.63) is 46.2 Å². The van der Waals surface area contributed by atoms with E-state index in [1.54, 1.807) is 23.5 Å². The number of amides is 1. The zero-order valence-corrected chi connectivity index (χ0v) is 12.3. The third-order valence-corrected chi connectivity index (χ3v) is 3.69. The van der Waals surface area contributed by atoms with Crippen molar-refractivity contribution in [3.63, 3.8) is 0 Å². The summed E-state index contributed by atoms with van der Waals surface area (Å²) in [5.41, 5.74) is 9.35. The average molecular weight is 289 g/mol. The van der Waals surface area contributed by atoms with Gasteiger partial charge in [-0.1, -0.05) is 0 Å². The number of carbonyl (C=O) groups excluding carboxylic acids is 1. The summed E-state index contributed by atoms with van der Waals surface area (Å²) in [6.45, 7) is 3.32. The van der Waals surface area contributed by atoms with Gasteiger partial charge in [0.15, 0.2) is 0 Å². The van der Waals surface area contributed by atoms with E-state index in [0.29, 0.717) is 17.8 Å². The molecule has 0 saturated heterocycles. The molecular formula is C15H19N3OS. The molecule has 4 nitrogen and oxygen atoms in total. The van der Waals surface area contributed by atoms with Crippen LogP contribution in [0, 0.1) is 0 Å². The van der Waals surface area contributed by atoms with E-state index in [1.807, 2.05) is 13.0 Å². The number of rotatable bonds is 6. The monoisotopic (exact) mass is 289 g/mol. The molecule has 4 N–H and O–H groups in total. The standard InChI is InChI=1S/C15H19N3OS/c1-2-17-15(19)12-3-4-14(13(16)9-12)18-7-5-11-6-8-20-10-11/h3-4,6,8-10,18H,2,5,7,16H2,1H3,(H,17,19). The molecule has 1 heterocycles. The first-order valence-corrected chi connectivity index (χ1v) is 7.57. The van der Waals surface area contributed by atoms with Crippen molar-refractivity contribution >= 4 is 28.6 Å². The molecule has 0 atom stereocenters. The molecule has 0 aliphatic rings. The molecule has 0 aliphatic carbocycles. The van der Waals surface area contributed by atoms with Gasteiger partial charge in [0.2, 0.25) is 0 Å². The summed E-state index contributed by atoms with van der Waals surface area (Å²) in [4.78, 5) is 11.7. The van der Waals surface area contributed by atoms with Crippen LogP contribution in [0.5, 0.6) is 0 Å². The van der Waals surface area contributed by atoms with Crippen LogP contribution in [0.25, 0.3) is 0 Å². The Morgan fingerprint density at radius 1 is 1.35 bits per heavy atom. The lowest BCUT2D eigenvalue weighted by Gasteiger charge is -2.10. The Bertz CT molecular complexity index is 567. The second-order valence-electron chi connectivity index (χ2n) is 4.47. The van der Waals surface area contributed by atoms with Crippen molar-refractivity contribution < 1.29 is 4.79 Å². The molecule has 5 heteroatoms. The normalized spacial score (nSPS) is 10.2. The van der Waals surface area contributed by atoms with Crippen LogP contribution in [0.2, 0.25) is 0 Å². The molecule has 1 amide bonds. The van der Waals surface area contributed by atoms with E-state index in [4.69, 9.17) is 5.73 Å². The summed E-state index contributed by atoms with van der Waals surface area (Å²) in [6.07, 6.45) is 0.959. The molecule has 1 aromatic heterocycles. The zero-order valence-electron chi connectivity index (χ0n) is 11.5. The second kappa shape index (κ2) is 6.96. The van der Waals surface area contributed by atoms with Gasteiger partial charge in [0.05, 0.1) is 11.4 Å². The third-order valence-electron chi connectivity index (χ3n) is 2.96. The number of anilines is 2. The first-order valence-electron chi connectivity index (χ1n) is 6.63. The van der Waals surface area contributed by atoms with Crippen molar-refractivity contribution in [3.8, 4) is 0 Å². The highest BCUT2D eigenvalue weighted by Crippen LogP contribution is 2.20. The first-order chi connectivity index (χ1) is 9.70. The minimum Gasteiger partial charge on any atom is -0.397 e. The molecular weight excluding hydrogens is 270 g/mol. The van der Waals surface area contributed by atoms with E-state index >= 15 is 0 Å².